The van der Waals surface area contributed by atoms with Gasteiger partial charge in [-0.05, 0) is 12.1 Å². The van der Waals surface area contributed by atoms with Gasteiger partial charge in [0.25, 0.3) is 6.43 Å². The van der Waals surface area contributed by atoms with Crippen LogP contribution in [0.1, 0.15) is 10.6 Å². The van der Waals surface area contributed by atoms with Gasteiger partial charge in [0.1, 0.15) is 5.82 Å². The molecular weight excluding hydrogens is 256 g/mol. The molecule has 0 radical (unpaired) electrons. The molecule has 0 aliphatic heterocycles. The molecule has 2 rings (SSSR count). The summed E-state index contributed by atoms with van der Waals surface area (Å²) >= 11 is 0. The van der Waals surface area contributed by atoms with Crippen LogP contribution < -0.4 is 4.90 Å². The number of para-hydroxylation sites is 1. The molecular formula is C12H11F2N3O2. The molecule has 0 amide bonds. The lowest BCUT2D eigenvalue weighted by molar-refractivity contribution is 0.0684. The molecule has 0 aliphatic rings. The summed E-state index contributed by atoms with van der Waals surface area (Å²) in [5, 5.41) is 9.48. The lowest BCUT2D eigenvalue weighted by Crippen LogP contribution is -2.26. The maximum absolute atomic E-state index is 12.4. The zero-order valence-corrected chi connectivity index (χ0v) is 10.0. The van der Waals surface area contributed by atoms with Crippen LogP contribution in [-0.2, 0) is 0 Å². The van der Waals surface area contributed by atoms with Crippen molar-refractivity contribution < 1.29 is 18.7 Å². The average molecular weight is 267 g/mol. The van der Waals surface area contributed by atoms with Crippen LogP contribution in [0.2, 0.25) is 0 Å². The molecule has 7 heteroatoms. The van der Waals surface area contributed by atoms with Crippen LogP contribution in [0.15, 0.2) is 24.3 Å². The van der Waals surface area contributed by atoms with E-state index in [1.165, 1.54) is 11.9 Å². The van der Waals surface area contributed by atoms with E-state index in [0.29, 0.717) is 10.9 Å². The Morgan fingerprint density at radius 1 is 1.37 bits per heavy atom. The minimum atomic E-state index is -2.54. The maximum Gasteiger partial charge on any atom is 0.374 e. The van der Waals surface area contributed by atoms with E-state index in [4.69, 9.17) is 5.11 Å². The van der Waals surface area contributed by atoms with Crippen molar-refractivity contribution >= 4 is 22.7 Å². The first-order chi connectivity index (χ1) is 8.99. The summed E-state index contributed by atoms with van der Waals surface area (Å²) in [5.74, 6) is -1.52. The molecule has 19 heavy (non-hydrogen) atoms. The summed E-state index contributed by atoms with van der Waals surface area (Å²) in [5.41, 5.74) is 0.408. The van der Waals surface area contributed by atoms with Crippen LogP contribution in [0.3, 0.4) is 0 Å². The van der Waals surface area contributed by atoms with Crippen molar-refractivity contribution in [2.45, 2.75) is 6.43 Å². The minimum Gasteiger partial charge on any atom is -0.475 e. The fourth-order valence-electron chi connectivity index (χ4n) is 1.74. The number of hydrogen-bond donors (Lipinski definition) is 1. The molecule has 1 heterocycles. The van der Waals surface area contributed by atoms with E-state index in [1.54, 1.807) is 24.3 Å². The van der Waals surface area contributed by atoms with Crippen LogP contribution in [0.25, 0.3) is 10.9 Å². The summed E-state index contributed by atoms with van der Waals surface area (Å²) in [7, 11) is 1.44. The number of hydrogen-bond acceptors (Lipinski definition) is 4. The summed E-state index contributed by atoms with van der Waals surface area (Å²) in [4.78, 5) is 19.9. The highest BCUT2D eigenvalue weighted by molar-refractivity contribution is 5.93. The van der Waals surface area contributed by atoms with Gasteiger partial charge in [-0.1, -0.05) is 12.1 Å². The zero-order chi connectivity index (χ0) is 14.0. The van der Waals surface area contributed by atoms with Crippen molar-refractivity contribution in [1.29, 1.82) is 0 Å². The van der Waals surface area contributed by atoms with Crippen molar-refractivity contribution in [3.05, 3.63) is 30.1 Å². The molecule has 1 aromatic carbocycles. The number of halogens is 2. The van der Waals surface area contributed by atoms with Gasteiger partial charge in [-0.3, -0.25) is 0 Å². The number of aromatic carboxylic acids is 1. The van der Waals surface area contributed by atoms with E-state index in [2.05, 4.69) is 9.97 Å². The number of carboxylic acid groups (broad SMARTS) is 1. The highest BCUT2D eigenvalue weighted by atomic mass is 19.3. The Labute approximate surface area is 107 Å². The molecule has 0 saturated heterocycles. The summed E-state index contributed by atoms with van der Waals surface area (Å²) in [6, 6.07) is 6.69. The Hall–Kier alpha value is -2.31. The van der Waals surface area contributed by atoms with E-state index in [-0.39, 0.29) is 5.82 Å². The van der Waals surface area contributed by atoms with E-state index in [1.807, 2.05) is 0 Å². The van der Waals surface area contributed by atoms with Crippen molar-refractivity contribution in [3.63, 3.8) is 0 Å². The van der Waals surface area contributed by atoms with Gasteiger partial charge in [-0.25, -0.2) is 23.5 Å². The average Bonchev–Trinajstić information content (AvgIpc) is 2.36. The number of carbonyl (C=O) groups is 1. The van der Waals surface area contributed by atoms with E-state index >= 15 is 0 Å². The molecule has 1 aromatic heterocycles. The Morgan fingerprint density at radius 2 is 2.05 bits per heavy atom. The van der Waals surface area contributed by atoms with Gasteiger partial charge < -0.3 is 10.0 Å². The van der Waals surface area contributed by atoms with Crippen molar-refractivity contribution in [1.82, 2.24) is 9.97 Å². The van der Waals surface area contributed by atoms with Gasteiger partial charge in [-0.15, -0.1) is 0 Å². The first-order valence-corrected chi connectivity index (χ1v) is 5.48. The van der Waals surface area contributed by atoms with E-state index in [9.17, 15) is 13.6 Å². The topological polar surface area (TPSA) is 66.3 Å². The first kappa shape index (κ1) is 13.1. The van der Waals surface area contributed by atoms with Crippen LogP contribution in [0.5, 0.6) is 0 Å². The molecule has 0 bridgehead atoms. The Bertz CT molecular complexity index is 619. The third-order valence-electron chi connectivity index (χ3n) is 2.55. The second kappa shape index (κ2) is 5.13. The molecule has 0 atom stereocenters. The number of fused-ring (bicyclic) bond motifs is 1. The Balaban J connectivity index is 2.59. The van der Waals surface area contributed by atoms with Crippen LogP contribution >= 0.6 is 0 Å². The number of nitrogens with zero attached hydrogens (tertiary/aromatic N) is 3. The lowest BCUT2D eigenvalue weighted by atomic mass is 10.2. The van der Waals surface area contributed by atoms with E-state index in [0.717, 1.165) is 0 Å². The van der Waals surface area contributed by atoms with Crippen molar-refractivity contribution in [3.8, 4) is 0 Å². The monoisotopic (exact) mass is 267 g/mol. The molecule has 0 saturated carbocycles. The molecule has 0 fully saturated rings. The Morgan fingerprint density at radius 3 is 2.68 bits per heavy atom. The SMILES string of the molecule is CN(CC(F)F)c1nc(C(=O)O)nc2ccccc12. The Kier molecular flexibility index (Phi) is 3.55. The fraction of sp³-hybridized carbons (Fsp3) is 0.250. The quantitative estimate of drug-likeness (QED) is 0.918. The third-order valence-corrected chi connectivity index (χ3v) is 2.55. The highest BCUT2D eigenvalue weighted by Crippen LogP contribution is 2.23. The second-order valence-electron chi connectivity index (χ2n) is 3.96. The van der Waals surface area contributed by atoms with Crippen molar-refractivity contribution in [2.24, 2.45) is 0 Å². The van der Waals surface area contributed by atoms with Crippen molar-refractivity contribution in [2.75, 3.05) is 18.5 Å². The van der Waals surface area contributed by atoms with Crippen LogP contribution in [0.4, 0.5) is 14.6 Å². The number of alkyl halides is 2. The van der Waals surface area contributed by atoms with Gasteiger partial charge in [0.2, 0.25) is 5.82 Å². The number of carboxylic acids is 1. The molecule has 1 N–H and O–H groups in total. The van der Waals surface area contributed by atoms with Gasteiger partial charge in [0, 0.05) is 12.4 Å². The molecule has 100 valence electrons. The summed E-state index contributed by atoms with van der Waals surface area (Å²) in [6.07, 6.45) is -2.54. The lowest BCUT2D eigenvalue weighted by Gasteiger charge is -2.19. The summed E-state index contributed by atoms with van der Waals surface area (Å²) in [6.45, 7) is -0.528. The fourth-order valence-corrected chi connectivity index (χ4v) is 1.74. The zero-order valence-electron chi connectivity index (χ0n) is 10.0. The predicted octanol–water partition coefficient (Wildman–Crippen LogP) is 2.03. The predicted molar refractivity (Wildman–Crippen MR) is 65.8 cm³/mol. The first-order valence-electron chi connectivity index (χ1n) is 5.48. The van der Waals surface area contributed by atoms with E-state index < -0.39 is 24.8 Å². The number of anilines is 1. The van der Waals surface area contributed by atoms with Gasteiger partial charge in [-0.2, -0.15) is 0 Å². The molecule has 0 unspecified atom stereocenters. The molecule has 2 aromatic rings. The normalized spacial score (nSPS) is 10.9. The summed E-state index contributed by atoms with van der Waals surface area (Å²) < 4.78 is 24.9. The third kappa shape index (κ3) is 2.75. The minimum absolute atomic E-state index is 0.184. The second-order valence-corrected chi connectivity index (χ2v) is 3.96. The van der Waals surface area contributed by atoms with Gasteiger partial charge >= 0.3 is 5.97 Å². The van der Waals surface area contributed by atoms with Gasteiger partial charge in [0.15, 0.2) is 0 Å². The van der Waals surface area contributed by atoms with Gasteiger partial charge in [0.05, 0.1) is 12.1 Å². The van der Waals surface area contributed by atoms with Crippen LogP contribution in [0, 0.1) is 0 Å². The maximum atomic E-state index is 12.4. The highest BCUT2D eigenvalue weighted by Gasteiger charge is 2.17. The number of benzene rings is 1. The molecule has 0 aliphatic carbocycles. The number of aromatic nitrogens is 2. The largest absolute Gasteiger partial charge is 0.475 e. The molecule has 5 nitrogen and oxygen atoms in total. The molecule has 0 spiro atoms. The number of rotatable bonds is 4. The van der Waals surface area contributed by atoms with Crippen LogP contribution in [-0.4, -0.2) is 41.1 Å². The standard InChI is InChI=1S/C12H11F2N3O2/c1-17(6-9(13)14)11-7-4-2-3-5-8(7)15-10(16-11)12(18)19/h2-5,9H,6H2,1H3,(H,18,19). The smallest absolute Gasteiger partial charge is 0.374 e.